The van der Waals surface area contributed by atoms with Crippen LogP contribution in [0.15, 0.2) is 0 Å². The second-order valence-electron chi connectivity index (χ2n) is 16.0. The first-order valence-electron chi connectivity index (χ1n) is 23.6. The van der Waals surface area contributed by atoms with E-state index in [0.29, 0.717) is 39.3 Å². The second-order valence-corrected chi connectivity index (χ2v) is 16.0. The maximum absolute atomic E-state index is 12.3. The van der Waals surface area contributed by atoms with Crippen LogP contribution in [0.1, 0.15) is 156 Å². The van der Waals surface area contributed by atoms with Crippen molar-refractivity contribution in [1.29, 1.82) is 0 Å². The molecule has 0 rings (SSSR count). The van der Waals surface area contributed by atoms with Gasteiger partial charge in [-0.05, 0) is 32.1 Å². The van der Waals surface area contributed by atoms with Gasteiger partial charge in [-0.2, -0.15) is 0 Å². The lowest BCUT2D eigenvalue weighted by Crippen LogP contribution is -2.45. The van der Waals surface area contributed by atoms with Crippen LogP contribution in [0, 0.1) is 0 Å². The van der Waals surface area contributed by atoms with Crippen molar-refractivity contribution in [3.8, 4) is 0 Å². The number of carbonyl (C=O) groups is 6. The summed E-state index contributed by atoms with van der Waals surface area (Å²) in [6.07, 6.45) is 18.7. The summed E-state index contributed by atoms with van der Waals surface area (Å²) < 4.78 is 21.8. The largest absolute Gasteiger partial charge is 0.480 e. The third-order valence-electron chi connectivity index (χ3n) is 9.97. The average molecular weight is 887 g/mol. The fraction of sp³-hybridized carbons (Fsp3) is 0.867. The smallest absolute Gasteiger partial charge is 0.326 e. The maximum Gasteiger partial charge on any atom is 0.326 e. The van der Waals surface area contributed by atoms with Crippen molar-refractivity contribution in [1.82, 2.24) is 31.9 Å². The molecule has 0 fully saturated rings. The summed E-state index contributed by atoms with van der Waals surface area (Å²) in [4.78, 5) is 72.1. The summed E-state index contributed by atoms with van der Waals surface area (Å²) in [5, 5.41) is 26.3. The van der Waals surface area contributed by atoms with E-state index in [9.17, 15) is 33.9 Å². The highest BCUT2D eigenvalue weighted by Crippen LogP contribution is 2.13. The Kier molecular flexibility index (Phi) is 40.6. The van der Waals surface area contributed by atoms with Gasteiger partial charge in [-0.25, -0.2) is 4.79 Å². The highest BCUT2D eigenvalue weighted by molar-refractivity contribution is 5.84. The third-order valence-corrected chi connectivity index (χ3v) is 9.97. The molecule has 5 amide bonds. The molecule has 0 saturated carbocycles. The molecule has 0 radical (unpaired) electrons. The van der Waals surface area contributed by atoms with Gasteiger partial charge in [0.15, 0.2) is 0 Å². The first-order chi connectivity index (χ1) is 30.0. The Labute approximate surface area is 372 Å². The fourth-order valence-corrected chi connectivity index (χ4v) is 6.43. The van der Waals surface area contributed by atoms with E-state index < -0.39 is 12.0 Å². The minimum Gasteiger partial charge on any atom is -0.480 e. The number of amides is 5. The number of hydrogen-bond donors (Lipinski definition) is 7. The number of carboxylic acids is 1. The molecule has 0 aromatic carbocycles. The first-order valence-corrected chi connectivity index (χ1v) is 23.6. The molecule has 0 aliphatic carbocycles. The molecule has 0 aromatic heterocycles. The van der Waals surface area contributed by atoms with Crippen LogP contribution in [-0.2, 0) is 47.7 Å². The molecule has 7 N–H and O–H groups in total. The van der Waals surface area contributed by atoms with Crippen molar-refractivity contribution >= 4 is 35.5 Å². The number of nitrogens with one attached hydrogen (secondary N) is 6. The van der Waals surface area contributed by atoms with Crippen LogP contribution in [0.5, 0.6) is 0 Å². The Bertz CT molecular complexity index is 1160. The van der Waals surface area contributed by atoms with Crippen molar-refractivity contribution in [3.05, 3.63) is 0 Å². The lowest BCUT2D eigenvalue weighted by atomic mass is 10.0. The van der Waals surface area contributed by atoms with Gasteiger partial charge in [0.05, 0.1) is 58.9 Å². The number of carbonyl (C=O) groups excluding carboxylic acids is 5. The number of likely N-dealkylation sites (N-methyl/N-ethyl adjacent to an activating group) is 1. The number of unbranched alkanes of at least 4 members (excludes halogenated alkanes) is 13. The van der Waals surface area contributed by atoms with E-state index in [1.165, 1.54) is 64.2 Å². The quantitative estimate of drug-likeness (QED) is 0.0425. The molecule has 62 heavy (non-hydrogen) atoms. The van der Waals surface area contributed by atoms with Gasteiger partial charge >= 0.3 is 5.97 Å². The van der Waals surface area contributed by atoms with Gasteiger partial charge in [0.1, 0.15) is 6.04 Å². The number of rotatable bonds is 45. The van der Waals surface area contributed by atoms with Crippen LogP contribution in [0.4, 0.5) is 0 Å². The van der Waals surface area contributed by atoms with Crippen molar-refractivity contribution < 1.29 is 52.8 Å². The normalized spacial score (nSPS) is 12.1. The highest BCUT2D eigenvalue weighted by Gasteiger charge is 2.21. The van der Waals surface area contributed by atoms with Crippen LogP contribution in [0.25, 0.3) is 0 Å². The molecule has 0 aromatic rings. The van der Waals surface area contributed by atoms with Gasteiger partial charge in [-0.3, -0.25) is 24.0 Å². The summed E-state index contributed by atoms with van der Waals surface area (Å²) in [6, 6.07) is -1.14. The Balaban J connectivity index is 3.66. The third kappa shape index (κ3) is 39.5. The van der Waals surface area contributed by atoms with Crippen LogP contribution < -0.4 is 31.9 Å². The number of ether oxygens (including phenoxy) is 4. The Morgan fingerprint density at radius 2 is 0.919 bits per heavy atom. The lowest BCUT2D eigenvalue weighted by Gasteiger charge is -2.19. The number of hydrogen-bond acceptors (Lipinski definition) is 11. The predicted molar refractivity (Wildman–Crippen MR) is 241 cm³/mol. The molecule has 0 aliphatic heterocycles. The van der Waals surface area contributed by atoms with E-state index in [0.717, 1.165) is 32.1 Å². The molecule has 0 aliphatic rings. The van der Waals surface area contributed by atoms with E-state index in [1.807, 2.05) is 13.8 Å². The molecule has 2 atom stereocenters. The SMILES string of the molecule is CCCCCCCCCCCCCCCC(=O)NC(CCC(=O)NCCOCCOCCC(=O)NCCOCCOCCC(=O)NCCCCC(NC(C)C)C(=O)NC)C(=O)O. The molecule has 17 nitrogen and oxygen atoms in total. The average Bonchev–Trinajstić information content (AvgIpc) is 3.24. The van der Waals surface area contributed by atoms with Crippen molar-refractivity contribution in [2.75, 3.05) is 79.5 Å². The molecular formula is C45H86N6O11. The van der Waals surface area contributed by atoms with Gasteiger partial charge in [-0.15, -0.1) is 0 Å². The lowest BCUT2D eigenvalue weighted by molar-refractivity contribution is -0.142. The standard InChI is InChI=1S/C45H86N6O11/c1-5-6-7-8-9-10-11-12-13-14-15-16-17-21-43(55)51-39(45(57)58)22-23-40(52)48-27-31-61-35-34-60-30-25-42(54)49-28-32-62-36-33-59-29-24-41(53)47-26-19-18-20-38(44(56)46-4)50-37(2)3/h37-39,50H,5-36H2,1-4H3,(H,46,56)(H,47,53)(H,48,52)(H,49,54)(H,51,55)(H,57,58). The molecule has 0 saturated heterocycles. The van der Waals surface area contributed by atoms with Gasteiger partial charge in [0, 0.05) is 58.4 Å². The molecule has 362 valence electrons. The van der Waals surface area contributed by atoms with E-state index >= 15 is 0 Å². The van der Waals surface area contributed by atoms with Crippen LogP contribution in [-0.4, -0.2) is 138 Å². The summed E-state index contributed by atoms with van der Waals surface area (Å²) in [5.41, 5.74) is 0. The summed E-state index contributed by atoms with van der Waals surface area (Å²) in [7, 11) is 1.63. The highest BCUT2D eigenvalue weighted by atomic mass is 16.5. The molecule has 0 spiro atoms. The zero-order valence-electron chi connectivity index (χ0n) is 38.9. The van der Waals surface area contributed by atoms with Crippen LogP contribution in [0.2, 0.25) is 0 Å². The van der Waals surface area contributed by atoms with Gasteiger partial charge in [0.25, 0.3) is 0 Å². The van der Waals surface area contributed by atoms with E-state index in [-0.39, 0.29) is 113 Å². The van der Waals surface area contributed by atoms with E-state index in [2.05, 4.69) is 38.8 Å². The molecule has 0 heterocycles. The van der Waals surface area contributed by atoms with Crippen LogP contribution in [0.3, 0.4) is 0 Å². The zero-order chi connectivity index (χ0) is 45.9. The summed E-state index contributed by atoms with van der Waals surface area (Å²) in [6.45, 7) is 9.68. The number of aliphatic carboxylic acids is 1. The molecule has 2 unspecified atom stereocenters. The topological polar surface area (TPSA) is 232 Å². The molecule has 17 heteroatoms. The minimum absolute atomic E-state index is 0.00283. The Morgan fingerprint density at radius 1 is 0.468 bits per heavy atom. The van der Waals surface area contributed by atoms with E-state index in [1.54, 1.807) is 7.05 Å². The fourth-order valence-electron chi connectivity index (χ4n) is 6.43. The summed E-state index contributed by atoms with van der Waals surface area (Å²) in [5.74, 6) is -2.07. The maximum atomic E-state index is 12.3. The first kappa shape index (κ1) is 58.6. The monoisotopic (exact) mass is 887 g/mol. The van der Waals surface area contributed by atoms with E-state index in [4.69, 9.17) is 18.9 Å². The minimum atomic E-state index is -1.16. The predicted octanol–water partition coefficient (Wildman–Crippen LogP) is 4.30. The van der Waals surface area contributed by atoms with Gasteiger partial charge in [-0.1, -0.05) is 97.8 Å². The Hall–Kier alpha value is -3.38. The summed E-state index contributed by atoms with van der Waals surface area (Å²) >= 11 is 0. The van der Waals surface area contributed by atoms with Gasteiger partial charge < -0.3 is 56.0 Å². The second kappa shape index (κ2) is 42.9. The van der Waals surface area contributed by atoms with Crippen molar-refractivity contribution in [2.45, 2.75) is 174 Å². The Morgan fingerprint density at radius 3 is 1.39 bits per heavy atom. The van der Waals surface area contributed by atoms with Crippen molar-refractivity contribution in [2.24, 2.45) is 0 Å². The zero-order valence-corrected chi connectivity index (χ0v) is 38.9. The van der Waals surface area contributed by atoms with Gasteiger partial charge in [0.2, 0.25) is 29.5 Å². The molecular weight excluding hydrogens is 801 g/mol. The van der Waals surface area contributed by atoms with Crippen molar-refractivity contribution in [3.63, 3.8) is 0 Å². The number of carboxylic acid groups (broad SMARTS) is 1. The molecule has 0 bridgehead atoms. The van der Waals surface area contributed by atoms with Crippen LogP contribution >= 0.6 is 0 Å².